The lowest BCUT2D eigenvalue weighted by Gasteiger charge is -2.15. The van der Waals surface area contributed by atoms with Crippen molar-refractivity contribution in [3.63, 3.8) is 0 Å². The number of likely N-dealkylation sites (tertiary alicyclic amines) is 1. The van der Waals surface area contributed by atoms with Gasteiger partial charge in [-0.3, -0.25) is 4.79 Å². The van der Waals surface area contributed by atoms with Crippen molar-refractivity contribution in [2.24, 2.45) is 0 Å². The van der Waals surface area contributed by atoms with Crippen molar-refractivity contribution in [1.29, 1.82) is 0 Å². The van der Waals surface area contributed by atoms with Crippen molar-refractivity contribution in [2.75, 3.05) is 20.1 Å². The van der Waals surface area contributed by atoms with Crippen molar-refractivity contribution in [3.8, 4) is 0 Å². The van der Waals surface area contributed by atoms with Gasteiger partial charge in [0.1, 0.15) is 6.29 Å². The lowest BCUT2D eigenvalue weighted by atomic mass is 9.91. The second-order valence-electron chi connectivity index (χ2n) is 4.72. The van der Waals surface area contributed by atoms with E-state index in [1.807, 2.05) is 12.1 Å². The zero-order chi connectivity index (χ0) is 11.4. The molecular weight excluding hydrogens is 198 g/mol. The van der Waals surface area contributed by atoms with Crippen LogP contribution in [0.3, 0.4) is 0 Å². The first kappa shape index (κ1) is 11.3. The molecule has 0 bridgehead atoms. The Morgan fingerprint density at radius 3 is 2.62 bits per heavy atom. The SMILES string of the molecule is CN1CCCC(c2ccc(C=O)cc2)CC1. The van der Waals surface area contributed by atoms with Crippen LogP contribution in [0.4, 0.5) is 0 Å². The van der Waals surface area contributed by atoms with Gasteiger partial charge in [0, 0.05) is 5.56 Å². The summed E-state index contributed by atoms with van der Waals surface area (Å²) in [4.78, 5) is 13.0. The summed E-state index contributed by atoms with van der Waals surface area (Å²) in [5.74, 6) is 0.672. The topological polar surface area (TPSA) is 20.3 Å². The van der Waals surface area contributed by atoms with Crippen LogP contribution in [-0.2, 0) is 0 Å². The van der Waals surface area contributed by atoms with E-state index >= 15 is 0 Å². The molecule has 1 unspecified atom stereocenters. The van der Waals surface area contributed by atoms with Crippen LogP contribution >= 0.6 is 0 Å². The lowest BCUT2D eigenvalue weighted by Crippen LogP contribution is -2.18. The van der Waals surface area contributed by atoms with E-state index in [-0.39, 0.29) is 0 Å². The van der Waals surface area contributed by atoms with E-state index in [1.165, 1.54) is 37.9 Å². The average molecular weight is 217 g/mol. The summed E-state index contributed by atoms with van der Waals surface area (Å²) in [5.41, 5.74) is 2.16. The third-order valence-electron chi connectivity index (χ3n) is 3.50. The zero-order valence-corrected chi connectivity index (χ0v) is 9.86. The number of carbonyl (C=O) groups excluding carboxylic acids is 1. The quantitative estimate of drug-likeness (QED) is 0.710. The molecule has 1 aliphatic rings. The molecule has 0 N–H and O–H groups in total. The maximum Gasteiger partial charge on any atom is 0.150 e. The summed E-state index contributed by atoms with van der Waals surface area (Å²) in [6.07, 6.45) is 4.68. The third-order valence-corrected chi connectivity index (χ3v) is 3.50. The Hall–Kier alpha value is -1.15. The van der Waals surface area contributed by atoms with Gasteiger partial charge in [-0.25, -0.2) is 0 Å². The van der Waals surface area contributed by atoms with Crippen LogP contribution in [0.25, 0.3) is 0 Å². The number of nitrogens with zero attached hydrogens (tertiary/aromatic N) is 1. The maximum atomic E-state index is 10.6. The molecule has 0 radical (unpaired) electrons. The number of hydrogen-bond acceptors (Lipinski definition) is 2. The normalized spacial score (nSPS) is 22.7. The van der Waals surface area contributed by atoms with Crippen molar-refractivity contribution in [1.82, 2.24) is 4.90 Å². The highest BCUT2D eigenvalue weighted by molar-refractivity contribution is 5.74. The minimum absolute atomic E-state index is 0.672. The van der Waals surface area contributed by atoms with Crippen molar-refractivity contribution in [3.05, 3.63) is 35.4 Å². The predicted octanol–water partition coefficient (Wildman–Crippen LogP) is 2.70. The molecule has 1 aliphatic heterocycles. The number of hydrogen-bond donors (Lipinski definition) is 0. The van der Waals surface area contributed by atoms with E-state index in [2.05, 4.69) is 24.1 Å². The van der Waals surface area contributed by atoms with Gasteiger partial charge in [-0.15, -0.1) is 0 Å². The number of carbonyl (C=O) groups is 1. The molecule has 1 fully saturated rings. The van der Waals surface area contributed by atoms with E-state index in [9.17, 15) is 4.79 Å². The van der Waals surface area contributed by atoms with Gasteiger partial charge >= 0.3 is 0 Å². The summed E-state index contributed by atoms with van der Waals surface area (Å²) >= 11 is 0. The highest BCUT2D eigenvalue weighted by Crippen LogP contribution is 2.27. The van der Waals surface area contributed by atoms with Crippen LogP contribution < -0.4 is 0 Å². The molecule has 0 spiro atoms. The monoisotopic (exact) mass is 217 g/mol. The molecule has 86 valence electrons. The molecule has 0 saturated carbocycles. The van der Waals surface area contributed by atoms with E-state index < -0.39 is 0 Å². The molecule has 1 aromatic rings. The first-order valence-corrected chi connectivity index (χ1v) is 6.03. The van der Waals surface area contributed by atoms with Gasteiger partial charge in [0.15, 0.2) is 0 Å². The van der Waals surface area contributed by atoms with Crippen molar-refractivity contribution >= 4 is 6.29 Å². The first-order valence-electron chi connectivity index (χ1n) is 6.03. The Balaban J connectivity index is 2.07. The van der Waals surface area contributed by atoms with Crippen LogP contribution in [0, 0.1) is 0 Å². The fourth-order valence-corrected chi connectivity index (χ4v) is 2.42. The van der Waals surface area contributed by atoms with Gasteiger partial charge < -0.3 is 4.90 Å². The van der Waals surface area contributed by atoms with E-state index in [0.29, 0.717) is 5.92 Å². The molecule has 1 aromatic carbocycles. The Kier molecular flexibility index (Phi) is 3.73. The van der Waals surface area contributed by atoms with E-state index in [1.54, 1.807) is 0 Å². The largest absolute Gasteiger partial charge is 0.306 e. The van der Waals surface area contributed by atoms with Gasteiger partial charge in [0.25, 0.3) is 0 Å². The molecule has 1 heterocycles. The Morgan fingerprint density at radius 1 is 1.19 bits per heavy atom. The zero-order valence-electron chi connectivity index (χ0n) is 9.86. The molecule has 1 atom stereocenters. The minimum Gasteiger partial charge on any atom is -0.306 e. The predicted molar refractivity (Wildman–Crippen MR) is 65.9 cm³/mol. The molecule has 0 amide bonds. The van der Waals surface area contributed by atoms with Crippen LogP contribution in [0.15, 0.2) is 24.3 Å². The number of aldehydes is 1. The molecular formula is C14H19NO. The van der Waals surface area contributed by atoms with Crippen LogP contribution in [0.5, 0.6) is 0 Å². The first-order chi connectivity index (χ1) is 7.79. The van der Waals surface area contributed by atoms with Gasteiger partial charge in [0.05, 0.1) is 0 Å². The molecule has 1 saturated heterocycles. The van der Waals surface area contributed by atoms with Gasteiger partial charge in [-0.05, 0) is 50.9 Å². The highest BCUT2D eigenvalue weighted by Gasteiger charge is 2.16. The standard InChI is InChI=1S/C14H19NO/c1-15-9-2-3-13(8-10-15)14-6-4-12(11-16)5-7-14/h4-7,11,13H,2-3,8-10H2,1H3. The van der Waals surface area contributed by atoms with Gasteiger partial charge in [-0.1, -0.05) is 24.3 Å². The average Bonchev–Trinajstić information content (AvgIpc) is 2.54. The Morgan fingerprint density at radius 2 is 1.94 bits per heavy atom. The Labute approximate surface area is 97.3 Å². The molecule has 0 aromatic heterocycles. The molecule has 2 nitrogen and oxygen atoms in total. The second kappa shape index (κ2) is 5.26. The van der Waals surface area contributed by atoms with Crippen molar-refractivity contribution < 1.29 is 4.79 Å². The summed E-state index contributed by atoms with van der Waals surface area (Å²) in [7, 11) is 2.19. The Bertz CT molecular complexity index is 344. The maximum absolute atomic E-state index is 10.6. The third kappa shape index (κ3) is 2.70. The lowest BCUT2D eigenvalue weighted by molar-refractivity contribution is 0.112. The molecule has 16 heavy (non-hydrogen) atoms. The molecule has 2 heteroatoms. The highest BCUT2D eigenvalue weighted by atomic mass is 16.1. The number of rotatable bonds is 2. The fourth-order valence-electron chi connectivity index (χ4n) is 2.42. The van der Waals surface area contributed by atoms with Gasteiger partial charge in [-0.2, -0.15) is 0 Å². The number of benzene rings is 1. The van der Waals surface area contributed by atoms with Crippen LogP contribution in [0.2, 0.25) is 0 Å². The summed E-state index contributed by atoms with van der Waals surface area (Å²) < 4.78 is 0. The van der Waals surface area contributed by atoms with Crippen LogP contribution in [-0.4, -0.2) is 31.3 Å². The van der Waals surface area contributed by atoms with Crippen molar-refractivity contribution in [2.45, 2.75) is 25.2 Å². The van der Waals surface area contributed by atoms with E-state index in [0.717, 1.165) is 11.8 Å². The molecule has 0 aliphatic carbocycles. The fraction of sp³-hybridized carbons (Fsp3) is 0.500. The smallest absolute Gasteiger partial charge is 0.150 e. The van der Waals surface area contributed by atoms with E-state index in [4.69, 9.17) is 0 Å². The second-order valence-corrected chi connectivity index (χ2v) is 4.72. The summed E-state index contributed by atoms with van der Waals surface area (Å²) in [6, 6.07) is 8.08. The minimum atomic E-state index is 0.672. The summed E-state index contributed by atoms with van der Waals surface area (Å²) in [5, 5.41) is 0. The molecule has 2 rings (SSSR count). The van der Waals surface area contributed by atoms with Crippen LogP contribution in [0.1, 0.15) is 41.1 Å². The van der Waals surface area contributed by atoms with Gasteiger partial charge in [0.2, 0.25) is 0 Å². The summed E-state index contributed by atoms with van der Waals surface area (Å²) in [6.45, 7) is 2.39.